The summed E-state index contributed by atoms with van der Waals surface area (Å²) in [4.78, 5) is 0. The maximum Gasteiger partial charge on any atom is 0.573 e. The summed E-state index contributed by atoms with van der Waals surface area (Å²) in [5.74, 6) is -1.38. The van der Waals surface area contributed by atoms with Gasteiger partial charge in [0.2, 0.25) is 0 Å². The molecule has 0 fully saturated rings. The number of benzene rings is 1. The van der Waals surface area contributed by atoms with E-state index in [9.17, 15) is 26.3 Å². The summed E-state index contributed by atoms with van der Waals surface area (Å²) in [6, 6.07) is 3.82. The molecule has 0 aliphatic carbocycles. The third-order valence-electron chi connectivity index (χ3n) is 1.89. The van der Waals surface area contributed by atoms with Crippen molar-refractivity contribution in [2.45, 2.75) is 19.0 Å². The van der Waals surface area contributed by atoms with Crippen molar-refractivity contribution in [2.24, 2.45) is 0 Å². The van der Waals surface area contributed by atoms with Crippen LogP contribution in [0.15, 0.2) is 18.2 Å². The zero-order valence-electron chi connectivity index (χ0n) is 8.56. The third-order valence-corrected chi connectivity index (χ3v) is 1.89. The minimum Gasteiger partial charge on any atom is -0.405 e. The number of hydrogen-bond donors (Lipinski definition) is 0. The molecule has 0 amide bonds. The van der Waals surface area contributed by atoms with Crippen LogP contribution in [0, 0.1) is 11.3 Å². The van der Waals surface area contributed by atoms with Gasteiger partial charge >= 0.3 is 12.5 Å². The van der Waals surface area contributed by atoms with E-state index in [-0.39, 0.29) is 0 Å². The van der Waals surface area contributed by atoms with Crippen molar-refractivity contribution in [3.63, 3.8) is 0 Å². The maximum atomic E-state index is 12.5. The first-order valence-corrected chi connectivity index (χ1v) is 4.47. The summed E-state index contributed by atoms with van der Waals surface area (Å²) in [6.07, 6.45) is -10.9. The highest BCUT2D eigenvalue weighted by Crippen LogP contribution is 2.40. The largest absolute Gasteiger partial charge is 0.573 e. The van der Waals surface area contributed by atoms with Gasteiger partial charge in [-0.15, -0.1) is 13.2 Å². The lowest BCUT2D eigenvalue weighted by Crippen LogP contribution is -2.21. The molecule has 0 spiro atoms. The Morgan fingerprint density at radius 3 is 2.17 bits per heavy atom. The van der Waals surface area contributed by atoms with Crippen LogP contribution in [0.25, 0.3) is 0 Å². The van der Waals surface area contributed by atoms with Gasteiger partial charge < -0.3 is 4.74 Å². The van der Waals surface area contributed by atoms with Gasteiger partial charge in [-0.2, -0.15) is 18.4 Å². The van der Waals surface area contributed by atoms with Crippen molar-refractivity contribution in [1.29, 1.82) is 5.26 Å². The van der Waals surface area contributed by atoms with Crippen LogP contribution in [-0.2, 0) is 12.6 Å². The highest BCUT2D eigenvalue weighted by molar-refractivity contribution is 5.44. The summed E-state index contributed by atoms with van der Waals surface area (Å²) in [7, 11) is 0. The number of halogens is 6. The van der Waals surface area contributed by atoms with Gasteiger partial charge in [0.15, 0.2) is 0 Å². The molecule has 0 N–H and O–H groups in total. The predicted molar refractivity (Wildman–Crippen MR) is 47.4 cm³/mol. The SMILES string of the molecule is N#CCc1cccc(C(F)(F)F)c1OC(F)(F)F. The highest BCUT2D eigenvalue weighted by atomic mass is 19.4. The summed E-state index contributed by atoms with van der Waals surface area (Å²) in [6.45, 7) is 0. The number of rotatable bonds is 2. The molecular formula is C10H5F6NO. The number of alkyl halides is 6. The first-order valence-electron chi connectivity index (χ1n) is 4.47. The van der Waals surface area contributed by atoms with Crippen molar-refractivity contribution in [3.05, 3.63) is 29.3 Å². The Kier molecular flexibility index (Phi) is 3.74. The Morgan fingerprint density at radius 1 is 1.11 bits per heavy atom. The van der Waals surface area contributed by atoms with E-state index in [2.05, 4.69) is 4.74 Å². The number of para-hydroxylation sites is 1. The van der Waals surface area contributed by atoms with Crippen LogP contribution in [-0.4, -0.2) is 6.36 Å². The average molecular weight is 269 g/mol. The fraction of sp³-hybridized carbons (Fsp3) is 0.300. The van der Waals surface area contributed by atoms with Crippen LogP contribution in [0.5, 0.6) is 5.75 Å². The number of ether oxygens (including phenoxy) is 1. The fourth-order valence-corrected chi connectivity index (χ4v) is 1.27. The normalized spacial score (nSPS) is 12.1. The lowest BCUT2D eigenvalue weighted by atomic mass is 10.1. The van der Waals surface area contributed by atoms with E-state index >= 15 is 0 Å². The van der Waals surface area contributed by atoms with Crippen LogP contribution < -0.4 is 4.74 Å². The first-order chi connectivity index (χ1) is 8.15. The standard InChI is InChI=1S/C10H5F6NO/c11-9(12,13)7-3-1-2-6(4-5-17)8(7)18-10(14,15)16/h1-3H,4H2. The minimum absolute atomic E-state index is 0.460. The van der Waals surface area contributed by atoms with Gasteiger partial charge in [0, 0.05) is 5.56 Å². The molecule has 0 radical (unpaired) electrons. The van der Waals surface area contributed by atoms with Gasteiger partial charge in [0.1, 0.15) is 5.75 Å². The number of hydrogen-bond acceptors (Lipinski definition) is 2. The van der Waals surface area contributed by atoms with Crippen LogP contribution in [0.4, 0.5) is 26.3 Å². The van der Waals surface area contributed by atoms with E-state index in [1.165, 1.54) is 6.07 Å². The van der Waals surface area contributed by atoms with Crippen LogP contribution >= 0.6 is 0 Å². The summed E-state index contributed by atoms with van der Waals surface area (Å²) in [5.41, 5.74) is -2.03. The Bertz CT molecular complexity index is 471. The van der Waals surface area contributed by atoms with Crippen molar-refractivity contribution >= 4 is 0 Å². The predicted octanol–water partition coefficient (Wildman–Crippen LogP) is 3.67. The summed E-state index contributed by atoms with van der Waals surface area (Å²) >= 11 is 0. The zero-order valence-corrected chi connectivity index (χ0v) is 8.56. The molecule has 0 unspecified atom stereocenters. The van der Waals surface area contributed by atoms with Crippen molar-refractivity contribution < 1.29 is 31.1 Å². The van der Waals surface area contributed by atoms with E-state index in [1.54, 1.807) is 0 Å². The summed E-state index contributed by atoms with van der Waals surface area (Å²) in [5, 5.41) is 8.37. The van der Waals surface area contributed by atoms with Crippen molar-refractivity contribution in [2.75, 3.05) is 0 Å². The minimum atomic E-state index is -5.26. The molecule has 0 saturated carbocycles. The van der Waals surface area contributed by atoms with Crippen LogP contribution in [0.3, 0.4) is 0 Å². The topological polar surface area (TPSA) is 33.0 Å². The van der Waals surface area contributed by atoms with Crippen molar-refractivity contribution in [1.82, 2.24) is 0 Å². The van der Waals surface area contributed by atoms with Gasteiger partial charge in [-0.1, -0.05) is 12.1 Å². The number of nitrogens with zero attached hydrogens (tertiary/aromatic N) is 1. The molecule has 0 bridgehead atoms. The van der Waals surface area contributed by atoms with Gasteiger partial charge in [0.05, 0.1) is 18.1 Å². The van der Waals surface area contributed by atoms with E-state index in [1.807, 2.05) is 0 Å². The van der Waals surface area contributed by atoms with Gasteiger partial charge in [-0.3, -0.25) is 0 Å². The lowest BCUT2D eigenvalue weighted by Gasteiger charge is -2.17. The van der Waals surface area contributed by atoms with Gasteiger partial charge in [-0.25, -0.2) is 0 Å². The molecule has 98 valence electrons. The smallest absolute Gasteiger partial charge is 0.405 e. The van der Waals surface area contributed by atoms with E-state index < -0.39 is 35.8 Å². The van der Waals surface area contributed by atoms with Crippen LogP contribution in [0.1, 0.15) is 11.1 Å². The second-order valence-corrected chi connectivity index (χ2v) is 3.17. The Morgan fingerprint density at radius 2 is 1.72 bits per heavy atom. The Labute approximate surface area is 97.4 Å². The monoisotopic (exact) mass is 269 g/mol. The maximum absolute atomic E-state index is 12.5. The van der Waals surface area contributed by atoms with E-state index in [0.29, 0.717) is 6.07 Å². The molecule has 8 heteroatoms. The van der Waals surface area contributed by atoms with Crippen LogP contribution in [0.2, 0.25) is 0 Å². The average Bonchev–Trinajstić information content (AvgIpc) is 2.17. The van der Waals surface area contributed by atoms with Gasteiger partial charge in [-0.05, 0) is 6.07 Å². The molecule has 1 aromatic carbocycles. The molecule has 1 rings (SSSR count). The quantitative estimate of drug-likeness (QED) is 0.767. The zero-order chi connectivity index (χ0) is 14.0. The highest BCUT2D eigenvalue weighted by Gasteiger charge is 2.40. The first kappa shape index (κ1) is 14.2. The summed E-state index contributed by atoms with van der Waals surface area (Å²) < 4.78 is 77.1. The van der Waals surface area contributed by atoms with Gasteiger partial charge in [0.25, 0.3) is 0 Å². The van der Waals surface area contributed by atoms with E-state index in [4.69, 9.17) is 5.26 Å². The molecular weight excluding hydrogens is 264 g/mol. The molecule has 0 saturated heterocycles. The van der Waals surface area contributed by atoms with E-state index in [0.717, 1.165) is 12.1 Å². The second kappa shape index (κ2) is 4.76. The third kappa shape index (κ3) is 3.55. The lowest BCUT2D eigenvalue weighted by molar-refractivity contribution is -0.276. The fourth-order valence-electron chi connectivity index (χ4n) is 1.27. The molecule has 0 aliphatic heterocycles. The Balaban J connectivity index is 3.35. The molecule has 0 aromatic heterocycles. The molecule has 0 heterocycles. The molecule has 0 atom stereocenters. The molecule has 2 nitrogen and oxygen atoms in total. The number of nitriles is 1. The molecule has 1 aromatic rings. The van der Waals surface area contributed by atoms with Crippen molar-refractivity contribution in [3.8, 4) is 11.8 Å². The molecule has 18 heavy (non-hydrogen) atoms. The Hall–Kier alpha value is -1.91. The molecule has 0 aliphatic rings. The second-order valence-electron chi connectivity index (χ2n) is 3.17.